The normalized spacial score (nSPS) is 10.0. The number of benzene rings is 1. The summed E-state index contributed by atoms with van der Waals surface area (Å²) in [4.78, 5) is 24.7. The van der Waals surface area contributed by atoms with Gasteiger partial charge in [-0.05, 0) is 23.6 Å². The summed E-state index contributed by atoms with van der Waals surface area (Å²) in [6.07, 6.45) is 0.271. The van der Waals surface area contributed by atoms with Crippen LogP contribution in [0, 0.1) is 0 Å². The van der Waals surface area contributed by atoms with Crippen LogP contribution < -0.4 is 20.1 Å². The second kappa shape index (κ2) is 8.19. The molecule has 0 aliphatic rings. The van der Waals surface area contributed by atoms with Crippen LogP contribution in [0.5, 0.6) is 11.5 Å². The van der Waals surface area contributed by atoms with E-state index in [-0.39, 0.29) is 24.8 Å². The van der Waals surface area contributed by atoms with E-state index in [1.165, 1.54) is 25.6 Å². The van der Waals surface area contributed by atoms with Crippen LogP contribution in [0.3, 0.4) is 0 Å². The molecule has 2 aromatic rings. The number of anilines is 1. The highest BCUT2D eigenvalue weighted by molar-refractivity contribution is 7.10. The van der Waals surface area contributed by atoms with Crippen LogP contribution >= 0.6 is 11.3 Å². The van der Waals surface area contributed by atoms with E-state index in [4.69, 9.17) is 9.47 Å². The number of thiophene rings is 1. The highest BCUT2D eigenvalue weighted by Gasteiger charge is 2.11. The Hall–Kier alpha value is -2.54. The van der Waals surface area contributed by atoms with Crippen LogP contribution in [-0.4, -0.2) is 32.6 Å². The van der Waals surface area contributed by atoms with Crippen LogP contribution in [0.4, 0.5) is 5.69 Å². The van der Waals surface area contributed by atoms with Crippen molar-refractivity contribution in [3.8, 4) is 11.5 Å². The Morgan fingerprint density at radius 2 is 1.96 bits per heavy atom. The van der Waals surface area contributed by atoms with E-state index >= 15 is 0 Å². The molecule has 0 radical (unpaired) electrons. The van der Waals surface area contributed by atoms with Gasteiger partial charge in [0, 0.05) is 10.9 Å². The number of carbonyl (C=O) groups excluding carboxylic acids is 2. The molecule has 2 amide bonds. The average Bonchev–Trinajstić information content (AvgIpc) is 3.05. The van der Waals surface area contributed by atoms with E-state index in [0.717, 1.165) is 4.88 Å². The third-order valence-corrected chi connectivity index (χ3v) is 3.92. The van der Waals surface area contributed by atoms with Crippen molar-refractivity contribution >= 4 is 28.8 Å². The lowest BCUT2D eigenvalue weighted by Crippen LogP contribution is -2.33. The van der Waals surface area contributed by atoms with Crippen LogP contribution in [0.1, 0.15) is 4.88 Å². The summed E-state index contributed by atoms with van der Waals surface area (Å²) in [7, 11) is 3.05. The molecule has 0 aliphatic carbocycles. The zero-order valence-corrected chi connectivity index (χ0v) is 13.7. The molecule has 1 heterocycles. The Kier molecular flexibility index (Phi) is 5.99. The van der Waals surface area contributed by atoms with E-state index in [2.05, 4.69) is 10.6 Å². The molecule has 0 fully saturated rings. The van der Waals surface area contributed by atoms with Gasteiger partial charge < -0.3 is 20.1 Å². The number of rotatable bonds is 7. The first-order chi connectivity index (χ1) is 11.1. The molecule has 0 bridgehead atoms. The molecule has 0 saturated heterocycles. The first kappa shape index (κ1) is 16.8. The largest absolute Gasteiger partial charge is 0.497 e. The molecule has 0 unspecified atom stereocenters. The fraction of sp³-hybridized carbons (Fsp3) is 0.250. The van der Waals surface area contributed by atoms with Crippen molar-refractivity contribution in [2.45, 2.75) is 6.42 Å². The van der Waals surface area contributed by atoms with E-state index < -0.39 is 0 Å². The van der Waals surface area contributed by atoms with Crippen LogP contribution in [-0.2, 0) is 16.0 Å². The van der Waals surface area contributed by atoms with Gasteiger partial charge in [0.1, 0.15) is 11.5 Å². The van der Waals surface area contributed by atoms with Gasteiger partial charge in [-0.15, -0.1) is 11.3 Å². The van der Waals surface area contributed by atoms with Gasteiger partial charge in [0.2, 0.25) is 11.8 Å². The maximum absolute atomic E-state index is 12.0. The molecule has 23 heavy (non-hydrogen) atoms. The van der Waals surface area contributed by atoms with E-state index in [1.807, 2.05) is 17.5 Å². The second-order valence-corrected chi connectivity index (χ2v) is 5.68. The molecular formula is C16H18N2O4S. The van der Waals surface area contributed by atoms with Crippen molar-refractivity contribution in [3.63, 3.8) is 0 Å². The maximum Gasteiger partial charge on any atom is 0.243 e. The topological polar surface area (TPSA) is 76.7 Å². The summed E-state index contributed by atoms with van der Waals surface area (Å²) >= 11 is 1.51. The maximum atomic E-state index is 12.0. The fourth-order valence-corrected chi connectivity index (χ4v) is 2.62. The van der Waals surface area contributed by atoms with Crippen LogP contribution in [0.25, 0.3) is 0 Å². The lowest BCUT2D eigenvalue weighted by molar-refractivity contribution is -0.123. The quantitative estimate of drug-likeness (QED) is 0.813. The zero-order chi connectivity index (χ0) is 16.7. The van der Waals surface area contributed by atoms with Crippen LogP contribution in [0.15, 0.2) is 35.7 Å². The summed E-state index contributed by atoms with van der Waals surface area (Å²) < 4.78 is 10.3. The van der Waals surface area contributed by atoms with Gasteiger partial charge in [-0.1, -0.05) is 6.07 Å². The van der Waals surface area contributed by atoms with Gasteiger partial charge in [0.05, 0.1) is 32.9 Å². The summed E-state index contributed by atoms with van der Waals surface area (Å²) in [5.74, 6) is 0.586. The molecule has 2 N–H and O–H groups in total. The molecule has 7 heteroatoms. The smallest absolute Gasteiger partial charge is 0.243 e. The highest BCUT2D eigenvalue weighted by atomic mass is 32.1. The Morgan fingerprint density at radius 3 is 2.61 bits per heavy atom. The third kappa shape index (κ3) is 5.00. The van der Waals surface area contributed by atoms with Crippen molar-refractivity contribution in [2.75, 3.05) is 26.1 Å². The fourth-order valence-electron chi connectivity index (χ4n) is 1.92. The number of carbonyl (C=O) groups is 2. The summed E-state index contributed by atoms with van der Waals surface area (Å²) in [5, 5.41) is 7.19. The Bertz CT molecular complexity index is 671. The predicted molar refractivity (Wildman–Crippen MR) is 89.2 cm³/mol. The first-order valence-electron chi connectivity index (χ1n) is 6.93. The number of amides is 2. The molecule has 0 spiro atoms. The molecule has 6 nitrogen and oxygen atoms in total. The van der Waals surface area contributed by atoms with Crippen molar-refractivity contribution in [1.29, 1.82) is 0 Å². The number of nitrogens with one attached hydrogen (secondary N) is 2. The van der Waals surface area contributed by atoms with Gasteiger partial charge in [-0.25, -0.2) is 0 Å². The highest BCUT2D eigenvalue weighted by Crippen LogP contribution is 2.28. The number of methoxy groups -OCH3 is 2. The minimum Gasteiger partial charge on any atom is -0.497 e. The lowest BCUT2D eigenvalue weighted by Gasteiger charge is -2.12. The lowest BCUT2D eigenvalue weighted by atomic mass is 10.2. The Morgan fingerprint density at radius 1 is 1.13 bits per heavy atom. The molecule has 0 saturated carbocycles. The third-order valence-electron chi connectivity index (χ3n) is 3.04. The van der Waals surface area contributed by atoms with Gasteiger partial charge in [0.15, 0.2) is 0 Å². The van der Waals surface area contributed by atoms with Gasteiger partial charge in [0.25, 0.3) is 0 Å². The average molecular weight is 334 g/mol. The molecule has 0 atom stereocenters. The van der Waals surface area contributed by atoms with Crippen molar-refractivity contribution in [2.24, 2.45) is 0 Å². The number of ether oxygens (including phenoxy) is 2. The van der Waals surface area contributed by atoms with Crippen LogP contribution in [0.2, 0.25) is 0 Å². The molecule has 122 valence electrons. The standard InChI is InChI=1S/C16H18N2O4S/c1-21-11-5-6-14(22-2)13(8-11)18-16(20)10-17-15(19)9-12-4-3-7-23-12/h3-8H,9-10H2,1-2H3,(H,17,19)(H,18,20). The minimum absolute atomic E-state index is 0.107. The van der Waals surface area contributed by atoms with Crippen molar-refractivity contribution in [1.82, 2.24) is 5.32 Å². The SMILES string of the molecule is COc1ccc(OC)c(NC(=O)CNC(=O)Cc2cccs2)c1. The Balaban J connectivity index is 1.88. The van der Waals surface area contributed by atoms with Crippen molar-refractivity contribution in [3.05, 3.63) is 40.6 Å². The number of hydrogen-bond donors (Lipinski definition) is 2. The van der Waals surface area contributed by atoms with E-state index in [0.29, 0.717) is 17.2 Å². The Labute approximate surface area is 138 Å². The summed E-state index contributed by atoms with van der Waals surface area (Å²) in [5.41, 5.74) is 0.490. The number of hydrogen-bond acceptors (Lipinski definition) is 5. The molecule has 1 aromatic carbocycles. The minimum atomic E-state index is -0.337. The summed E-state index contributed by atoms with van der Waals surface area (Å²) in [6, 6.07) is 8.85. The zero-order valence-electron chi connectivity index (χ0n) is 12.9. The molecule has 2 rings (SSSR count). The predicted octanol–water partition coefficient (Wildman–Crippen LogP) is 2.06. The van der Waals surface area contributed by atoms with Crippen molar-refractivity contribution < 1.29 is 19.1 Å². The first-order valence-corrected chi connectivity index (χ1v) is 7.81. The van der Waals surface area contributed by atoms with Gasteiger partial charge in [-0.2, -0.15) is 0 Å². The summed E-state index contributed by atoms with van der Waals surface area (Å²) in [6.45, 7) is -0.107. The monoisotopic (exact) mass is 334 g/mol. The van der Waals surface area contributed by atoms with Gasteiger partial charge >= 0.3 is 0 Å². The van der Waals surface area contributed by atoms with Gasteiger partial charge in [-0.3, -0.25) is 9.59 Å². The second-order valence-electron chi connectivity index (χ2n) is 4.65. The molecular weight excluding hydrogens is 316 g/mol. The van der Waals surface area contributed by atoms with E-state index in [1.54, 1.807) is 18.2 Å². The van der Waals surface area contributed by atoms with E-state index in [9.17, 15) is 9.59 Å². The molecule has 1 aromatic heterocycles. The molecule has 0 aliphatic heterocycles.